The quantitative estimate of drug-likeness (QED) is 0.729. The highest BCUT2D eigenvalue weighted by atomic mass is 16.1. The molecule has 0 unspecified atom stereocenters. The maximum absolute atomic E-state index is 12.1. The molecular weight excluding hydrogens is 302 g/mol. The standard InChI is InChI=1S/C18H17N5O/c24-18(23-11-14-5-8-19-9-6-14)17-4-3-16(13-22-17)21-12-15-2-1-7-20-10-15/h1-10,13,21H,11-12H2,(H,23,24). The van der Waals surface area contributed by atoms with Crippen LogP contribution >= 0.6 is 0 Å². The first-order valence-corrected chi connectivity index (χ1v) is 7.57. The van der Waals surface area contributed by atoms with E-state index in [1.165, 1.54) is 0 Å². The molecule has 0 atom stereocenters. The van der Waals surface area contributed by atoms with Crippen LogP contribution in [0, 0.1) is 0 Å². The summed E-state index contributed by atoms with van der Waals surface area (Å²) in [6.07, 6.45) is 8.59. The molecule has 0 saturated heterocycles. The van der Waals surface area contributed by atoms with Gasteiger partial charge >= 0.3 is 0 Å². The SMILES string of the molecule is O=C(NCc1ccncc1)c1ccc(NCc2cccnc2)cn1. The van der Waals surface area contributed by atoms with Gasteiger partial charge in [-0.2, -0.15) is 0 Å². The van der Waals surface area contributed by atoms with E-state index in [9.17, 15) is 4.79 Å². The van der Waals surface area contributed by atoms with Gasteiger partial charge in [0.2, 0.25) is 0 Å². The minimum Gasteiger partial charge on any atom is -0.380 e. The Balaban J connectivity index is 1.53. The van der Waals surface area contributed by atoms with Crippen LogP contribution in [0.3, 0.4) is 0 Å². The topological polar surface area (TPSA) is 79.8 Å². The molecule has 3 aromatic rings. The van der Waals surface area contributed by atoms with Gasteiger partial charge in [0.1, 0.15) is 5.69 Å². The molecule has 0 fully saturated rings. The van der Waals surface area contributed by atoms with E-state index in [0.29, 0.717) is 18.8 Å². The molecule has 0 spiro atoms. The largest absolute Gasteiger partial charge is 0.380 e. The van der Waals surface area contributed by atoms with E-state index >= 15 is 0 Å². The summed E-state index contributed by atoms with van der Waals surface area (Å²) in [4.78, 5) is 24.3. The van der Waals surface area contributed by atoms with Gasteiger partial charge in [0, 0.05) is 37.9 Å². The van der Waals surface area contributed by atoms with Crippen LogP contribution < -0.4 is 10.6 Å². The van der Waals surface area contributed by atoms with Crippen LogP contribution in [-0.2, 0) is 13.1 Å². The third-order valence-electron chi connectivity index (χ3n) is 3.42. The first-order chi connectivity index (χ1) is 11.8. The molecule has 6 heteroatoms. The Labute approximate surface area is 140 Å². The molecule has 3 aromatic heterocycles. The molecule has 0 bridgehead atoms. The molecule has 0 radical (unpaired) electrons. The van der Waals surface area contributed by atoms with Crippen molar-refractivity contribution in [2.75, 3.05) is 5.32 Å². The van der Waals surface area contributed by atoms with Gasteiger partial charge in [-0.3, -0.25) is 14.8 Å². The summed E-state index contributed by atoms with van der Waals surface area (Å²) in [6, 6.07) is 11.1. The third kappa shape index (κ3) is 4.36. The summed E-state index contributed by atoms with van der Waals surface area (Å²) in [7, 11) is 0. The van der Waals surface area contributed by atoms with Gasteiger partial charge in [0.15, 0.2) is 0 Å². The fourth-order valence-corrected chi connectivity index (χ4v) is 2.11. The van der Waals surface area contributed by atoms with Crippen LogP contribution in [-0.4, -0.2) is 20.9 Å². The van der Waals surface area contributed by atoms with E-state index in [4.69, 9.17) is 0 Å². The lowest BCUT2D eigenvalue weighted by molar-refractivity contribution is 0.0946. The average Bonchev–Trinajstić information content (AvgIpc) is 2.66. The van der Waals surface area contributed by atoms with E-state index in [1.54, 1.807) is 37.1 Å². The zero-order chi connectivity index (χ0) is 16.6. The van der Waals surface area contributed by atoms with Crippen molar-refractivity contribution in [3.8, 4) is 0 Å². The molecule has 0 aliphatic carbocycles. The summed E-state index contributed by atoms with van der Waals surface area (Å²) in [5, 5.41) is 6.08. The van der Waals surface area contributed by atoms with Gasteiger partial charge in [0.25, 0.3) is 5.91 Å². The van der Waals surface area contributed by atoms with Crippen molar-refractivity contribution in [2.24, 2.45) is 0 Å². The molecule has 0 aliphatic heterocycles. The molecule has 2 N–H and O–H groups in total. The Morgan fingerprint density at radius 3 is 2.46 bits per heavy atom. The Hall–Kier alpha value is -3.28. The second-order valence-electron chi connectivity index (χ2n) is 5.19. The number of aromatic nitrogens is 3. The first-order valence-electron chi connectivity index (χ1n) is 7.57. The van der Waals surface area contributed by atoms with Crippen molar-refractivity contribution >= 4 is 11.6 Å². The molecule has 0 saturated carbocycles. The number of anilines is 1. The van der Waals surface area contributed by atoms with Gasteiger partial charge < -0.3 is 10.6 Å². The van der Waals surface area contributed by atoms with Crippen LogP contribution in [0.1, 0.15) is 21.6 Å². The van der Waals surface area contributed by atoms with Crippen LogP contribution in [0.25, 0.3) is 0 Å². The van der Waals surface area contributed by atoms with Crippen LogP contribution in [0.2, 0.25) is 0 Å². The number of pyridine rings is 3. The van der Waals surface area contributed by atoms with Gasteiger partial charge in [-0.25, -0.2) is 4.98 Å². The molecule has 6 nitrogen and oxygen atoms in total. The smallest absolute Gasteiger partial charge is 0.270 e. The molecule has 24 heavy (non-hydrogen) atoms. The summed E-state index contributed by atoms with van der Waals surface area (Å²) in [5.41, 5.74) is 3.31. The number of nitrogens with one attached hydrogen (secondary N) is 2. The predicted octanol–water partition coefficient (Wildman–Crippen LogP) is 2.41. The van der Waals surface area contributed by atoms with Crippen LogP contribution in [0.4, 0.5) is 5.69 Å². The van der Waals surface area contributed by atoms with Gasteiger partial charge in [-0.1, -0.05) is 6.07 Å². The van der Waals surface area contributed by atoms with Crippen LogP contribution in [0.15, 0.2) is 67.4 Å². The molecule has 3 rings (SSSR count). The summed E-state index contributed by atoms with van der Waals surface area (Å²) in [6.45, 7) is 1.10. The van der Waals surface area contributed by atoms with E-state index in [-0.39, 0.29) is 5.91 Å². The van der Waals surface area contributed by atoms with Crippen molar-refractivity contribution in [3.05, 3.63) is 84.2 Å². The Morgan fingerprint density at radius 2 is 1.75 bits per heavy atom. The number of hydrogen-bond donors (Lipinski definition) is 2. The highest BCUT2D eigenvalue weighted by molar-refractivity contribution is 5.92. The number of carbonyl (C=O) groups is 1. The van der Waals surface area contributed by atoms with Crippen molar-refractivity contribution < 1.29 is 4.79 Å². The second kappa shape index (κ2) is 7.82. The molecular formula is C18H17N5O. The number of rotatable bonds is 6. The maximum atomic E-state index is 12.1. The van der Waals surface area contributed by atoms with Crippen molar-refractivity contribution in [1.29, 1.82) is 0 Å². The highest BCUT2D eigenvalue weighted by Crippen LogP contribution is 2.08. The Kier molecular flexibility index (Phi) is 5.09. The van der Waals surface area contributed by atoms with Gasteiger partial charge in [0.05, 0.1) is 11.9 Å². The van der Waals surface area contributed by atoms with E-state index in [1.807, 2.05) is 30.3 Å². The Bertz CT molecular complexity index is 776. The normalized spacial score (nSPS) is 10.2. The maximum Gasteiger partial charge on any atom is 0.270 e. The molecule has 3 heterocycles. The van der Waals surface area contributed by atoms with Gasteiger partial charge in [-0.15, -0.1) is 0 Å². The lowest BCUT2D eigenvalue weighted by Gasteiger charge is -2.07. The zero-order valence-electron chi connectivity index (χ0n) is 13.0. The van der Waals surface area contributed by atoms with Crippen LogP contribution in [0.5, 0.6) is 0 Å². The number of amides is 1. The van der Waals surface area contributed by atoms with Gasteiger partial charge in [-0.05, 0) is 41.5 Å². The summed E-state index contributed by atoms with van der Waals surface area (Å²) >= 11 is 0. The van der Waals surface area contributed by atoms with E-state index < -0.39 is 0 Å². The second-order valence-corrected chi connectivity index (χ2v) is 5.19. The summed E-state index contributed by atoms with van der Waals surface area (Å²) in [5.74, 6) is -0.203. The molecule has 0 aromatic carbocycles. The van der Waals surface area contributed by atoms with Crippen molar-refractivity contribution in [1.82, 2.24) is 20.3 Å². The fourth-order valence-electron chi connectivity index (χ4n) is 2.11. The van der Waals surface area contributed by atoms with E-state index in [2.05, 4.69) is 25.6 Å². The fraction of sp³-hybridized carbons (Fsp3) is 0.111. The third-order valence-corrected chi connectivity index (χ3v) is 3.42. The minimum absolute atomic E-state index is 0.203. The number of hydrogen-bond acceptors (Lipinski definition) is 5. The average molecular weight is 319 g/mol. The number of nitrogens with zero attached hydrogens (tertiary/aromatic N) is 3. The lowest BCUT2D eigenvalue weighted by Crippen LogP contribution is -2.23. The molecule has 120 valence electrons. The minimum atomic E-state index is -0.203. The molecule has 0 aliphatic rings. The predicted molar refractivity (Wildman–Crippen MR) is 91.2 cm³/mol. The molecule has 1 amide bonds. The summed E-state index contributed by atoms with van der Waals surface area (Å²) < 4.78 is 0. The monoisotopic (exact) mass is 319 g/mol. The van der Waals surface area contributed by atoms with E-state index in [0.717, 1.165) is 16.8 Å². The highest BCUT2D eigenvalue weighted by Gasteiger charge is 2.06. The number of carbonyl (C=O) groups excluding carboxylic acids is 1. The van der Waals surface area contributed by atoms with Crippen molar-refractivity contribution in [2.45, 2.75) is 13.1 Å². The first kappa shape index (κ1) is 15.6. The zero-order valence-corrected chi connectivity index (χ0v) is 13.0. The Morgan fingerprint density at radius 1 is 0.875 bits per heavy atom. The van der Waals surface area contributed by atoms with Crippen molar-refractivity contribution in [3.63, 3.8) is 0 Å². The lowest BCUT2D eigenvalue weighted by atomic mass is 10.2.